The average molecular weight is 282 g/mol. The molecule has 0 saturated heterocycles. The lowest BCUT2D eigenvalue weighted by molar-refractivity contribution is -0.141. The van der Waals surface area contributed by atoms with Crippen LogP contribution in [0.5, 0.6) is 0 Å². The third-order valence-corrected chi connectivity index (χ3v) is 2.95. The standard InChI is InChI=1S/C12H18N4O4/c1-16(6-5-10(18)19-2)7-9(17)13-12-15-14-11(20-12)8-3-4-8/h8H,3-7H2,1-2H3,(H,13,15,17). The van der Waals surface area contributed by atoms with E-state index in [2.05, 4.69) is 20.3 Å². The minimum Gasteiger partial charge on any atom is -0.469 e. The Hall–Kier alpha value is -1.96. The van der Waals surface area contributed by atoms with Crippen molar-refractivity contribution in [2.75, 3.05) is 32.6 Å². The van der Waals surface area contributed by atoms with E-state index in [9.17, 15) is 9.59 Å². The largest absolute Gasteiger partial charge is 0.469 e. The van der Waals surface area contributed by atoms with Crippen LogP contribution >= 0.6 is 0 Å². The minimum absolute atomic E-state index is 0.123. The van der Waals surface area contributed by atoms with Crippen molar-refractivity contribution in [2.24, 2.45) is 0 Å². The topological polar surface area (TPSA) is 97.6 Å². The highest BCUT2D eigenvalue weighted by atomic mass is 16.5. The molecular formula is C12H18N4O4. The van der Waals surface area contributed by atoms with E-state index < -0.39 is 0 Å². The smallest absolute Gasteiger partial charge is 0.322 e. The quantitative estimate of drug-likeness (QED) is 0.722. The van der Waals surface area contributed by atoms with Crippen molar-refractivity contribution < 1.29 is 18.7 Å². The maximum Gasteiger partial charge on any atom is 0.322 e. The normalized spacial score (nSPS) is 14.3. The first kappa shape index (κ1) is 14.4. The number of esters is 1. The molecule has 1 amide bonds. The van der Waals surface area contributed by atoms with Crippen molar-refractivity contribution in [3.63, 3.8) is 0 Å². The van der Waals surface area contributed by atoms with E-state index in [1.54, 1.807) is 11.9 Å². The van der Waals surface area contributed by atoms with Gasteiger partial charge in [-0.2, -0.15) is 0 Å². The SMILES string of the molecule is COC(=O)CCN(C)CC(=O)Nc1nnc(C2CC2)o1. The third-order valence-electron chi connectivity index (χ3n) is 2.95. The highest BCUT2D eigenvalue weighted by Crippen LogP contribution is 2.39. The van der Waals surface area contributed by atoms with Crippen LogP contribution in [0.2, 0.25) is 0 Å². The summed E-state index contributed by atoms with van der Waals surface area (Å²) in [6.07, 6.45) is 2.37. The average Bonchev–Trinajstić information content (AvgIpc) is 3.17. The number of nitrogens with zero attached hydrogens (tertiary/aromatic N) is 3. The molecule has 1 saturated carbocycles. The number of carbonyl (C=O) groups is 2. The summed E-state index contributed by atoms with van der Waals surface area (Å²) in [6, 6.07) is 0.123. The predicted molar refractivity (Wildman–Crippen MR) is 69.0 cm³/mol. The molecule has 1 aliphatic carbocycles. The van der Waals surface area contributed by atoms with Crippen LogP contribution in [0.4, 0.5) is 6.01 Å². The van der Waals surface area contributed by atoms with Crippen LogP contribution in [0.15, 0.2) is 4.42 Å². The Kier molecular flexibility index (Phi) is 4.67. The molecule has 2 rings (SSSR count). The second kappa shape index (κ2) is 6.47. The monoisotopic (exact) mass is 282 g/mol. The Balaban J connectivity index is 1.72. The maximum atomic E-state index is 11.7. The van der Waals surface area contributed by atoms with Gasteiger partial charge in [0, 0.05) is 12.5 Å². The van der Waals surface area contributed by atoms with Crippen molar-refractivity contribution in [1.82, 2.24) is 15.1 Å². The van der Waals surface area contributed by atoms with Gasteiger partial charge in [-0.1, -0.05) is 5.10 Å². The molecule has 0 atom stereocenters. The van der Waals surface area contributed by atoms with E-state index in [4.69, 9.17) is 4.42 Å². The molecule has 1 aliphatic rings. The Bertz CT molecular complexity index is 484. The maximum absolute atomic E-state index is 11.7. The van der Waals surface area contributed by atoms with Crippen molar-refractivity contribution in [2.45, 2.75) is 25.2 Å². The number of carbonyl (C=O) groups excluding carboxylic acids is 2. The molecule has 8 heteroatoms. The first-order valence-corrected chi connectivity index (χ1v) is 6.47. The summed E-state index contributed by atoms with van der Waals surface area (Å²) in [5, 5.41) is 10.2. The number of methoxy groups -OCH3 is 1. The Labute approximate surface area is 116 Å². The lowest BCUT2D eigenvalue weighted by atomic mass is 10.4. The number of likely N-dealkylation sites (N-methyl/N-ethyl adjacent to an activating group) is 1. The molecule has 1 aromatic rings. The fourth-order valence-corrected chi connectivity index (χ4v) is 1.65. The number of anilines is 1. The van der Waals surface area contributed by atoms with Crippen LogP contribution in [0.3, 0.4) is 0 Å². The molecule has 1 heterocycles. The molecule has 0 aromatic carbocycles. The molecule has 0 bridgehead atoms. The van der Waals surface area contributed by atoms with Crippen LogP contribution in [-0.2, 0) is 14.3 Å². The number of rotatable bonds is 7. The van der Waals surface area contributed by atoms with E-state index in [0.717, 1.165) is 12.8 Å². The molecule has 1 N–H and O–H groups in total. The van der Waals surface area contributed by atoms with Gasteiger partial charge in [0.05, 0.1) is 20.1 Å². The van der Waals surface area contributed by atoms with Gasteiger partial charge in [0.2, 0.25) is 11.8 Å². The predicted octanol–water partition coefficient (Wildman–Crippen LogP) is 0.380. The molecular weight excluding hydrogens is 264 g/mol. The molecule has 0 aliphatic heterocycles. The molecule has 0 unspecified atom stereocenters. The van der Waals surface area contributed by atoms with Gasteiger partial charge in [0.25, 0.3) is 0 Å². The molecule has 0 radical (unpaired) electrons. The van der Waals surface area contributed by atoms with Crippen molar-refractivity contribution >= 4 is 17.9 Å². The van der Waals surface area contributed by atoms with Crippen LogP contribution in [0.1, 0.15) is 31.1 Å². The molecule has 1 aromatic heterocycles. The van der Waals surface area contributed by atoms with Gasteiger partial charge in [-0.25, -0.2) is 0 Å². The lowest BCUT2D eigenvalue weighted by Gasteiger charge is -2.14. The van der Waals surface area contributed by atoms with E-state index in [1.807, 2.05) is 0 Å². The lowest BCUT2D eigenvalue weighted by Crippen LogP contribution is -2.32. The van der Waals surface area contributed by atoms with Gasteiger partial charge in [0.15, 0.2) is 0 Å². The van der Waals surface area contributed by atoms with Gasteiger partial charge in [-0.05, 0) is 19.9 Å². The molecule has 8 nitrogen and oxygen atoms in total. The van der Waals surface area contributed by atoms with E-state index in [0.29, 0.717) is 18.4 Å². The number of nitrogens with one attached hydrogen (secondary N) is 1. The van der Waals surface area contributed by atoms with E-state index in [1.165, 1.54) is 7.11 Å². The summed E-state index contributed by atoms with van der Waals surface area (Å²) in [7, 11) is 3.08. The Morgan fingerprint density at radius 1 is 1.45 bits per heavy atom. The number of hydrogen-bond donors (Lipinski definition) is 1. The summed E-state index contributed by atoms with van der Waals surface area (Å²) < 4.78 is 9.86. The van der Waals surface area contributed by atoms with Gasteiger partial charge < -0.3 is 9.15 Å². The highest BCUT2D eigenvalue weighted by Gasteiger charge is 2.29. The number of hydrogen-bond acceptors (Lipinski definition) is 7. The van der Waals surface area contributed by atoms with Crippen LogP contribution in [-0.4, -0.2) is 54.2 Å². The van der Waals surface area contributed by atoms with Crippen molar-refractivity contribution in [3.05, 3.63) is 5.89 Å². The summed E-state index contributed by atoms with van der Waals surface area (Å²) in [4.78, 5) is 24.4. The van der Waals surface area contributed by atoms with Crippen LogP contribution < -0.4 is 5.32 Å². The molecule has 20 heavy (non-hydrogen) atoms. The zero-order chi connectivity index (χ0) is 14.5. The van der Waals surface area contributed by atoms with E-state index in [-0.39, 0.29) is 30.9 Å². The van der Waals surface area contributed by atoms with Gasteiger partial charge in [0.1, 0.15) is 0 Å². The first-order chi connectivity index (χ1) is 9.58. The van der Waals surface area contributed by atoms with Gasteiger partial charge in [-0.15, -0.1) is 5.10 Å². The van der Waals surface area contributed by atoms with E-state index >= 15 is 0 Å². The highest BCUT2D eigenvalue weighted by molar-refractivity contribution is 5.90. The summed E-state index contributed by atoms with van der Waals surface area (Å²) in [5.74, 6) is 0.377. The summed E-state index contributed by atoms with van der Waals surface area (Å²) >= 11 is 0. The van der Waals surface area contributed by atoms with Gasteiger partial charge >= 0.3 is 12.0 Å². The van der Waals surface area contributed by atoms with Crippen LogP contribution in [0.25, 0.3) is 0 Å². The number of ether oxygens (including phenoxy) is 1. The fourth-order valence-electron chi connectivity index (χ4n) is 1.65. The first-order valence-electron chi connectivity index (χ1n) is 6.47. The Morgan fingerprint density at radius 2 is 2.20 bits per heavy atom. The van der Waals surface area contributed by atoms with Crippen molar-refractivity contribution in [1.29, 1.82) is 0 Å². The zero-order valence-corrected chi connectivity index (χ0v) is 11.6. The summed E-state index contributed by atoms with van der Waals surface area (Å²) in [5.41, 5.74) is 0. The zero-order valence-electron chi connectivity index (χ0n) is 11.6. The minimum atomic E-state index is -0.303. The second-order valence-corrected chi connectivity index (χ2v) is 4.83. The molecule has 1 fully saturated rings. The van der Waals surface area contributed by atoms with Gasteiger partial charge in [-0.3, -0.25) is 19.8 Å². The number of aromatic nitrogens is 2. The second-order valence-electron chi connectivity index (χ2n) is 4.83. The molecule has 110 valence electrons. The summed E-state index contributed by atoms with van der Waals surface area (Å²) in [6.45, 7) is 0.579. The van der Waals surface area contributed by atoms with Crippen molar-refractivity contribution in [3.8, 4) is 0 Å². The number of amides is 1. The fraction of sp³-hybridized carbons (Fsp3) is 0.667. The molecule has 0 spiro atoms. The Morgan fingerprint density at radius 3 is 2.85 bits per heavy atom. The van der Waals surface area contributed by atoms with Crippen LogP contribution in [0, 0.1) is 0 Å². The third kappa shape index (κ3) is 4.30.